The second-order valence-electron chi connectivity index (χ2n) is 7.33. The van der Waals surface area contributed by atoms with Crippen LogP contribution in [-0.4, -0.2) is 32.7 Å². The molecule has 0 saturated carbocycles. The van der Waals surface area contributed by atoms with Gasteiger partial charge in [0.1, 0.15) is 0 Å². The molecule has 1 heterocycles. The zero-order valence-corrected chi connectivity index (χ0v) is 21.9. The molecule has 0 N–H and O–H groups in total. The van der Waals surface area contributed by atoms with E-state index in [-0.39, 0.29) is 47.4 Å². The van der Waals surface area contributed by atoms with Crippen molar-refractivity contribution >= 4 is 93.0 Å². The molecule has 0 fully saturated rings. The first-order valence-corrected chi connectivity index (χ1v) is 12.0. The summed E-state index contributed by atoms with van der Waals surface area (Å²) in [7, 11) is 0. The fraction of sp³-hybridized carbons (Fsp3) is 0.0455. The molecule has 36 heavy (non-hydrogen) atoms. The number of carbonyl (C=O) groups is 3. The highest BCUT2D eigenvalue weighted by atomic mass is 35.5. The van der Waals surface area contributed by atoms with E-state index in [4.69, 9.17) is 69.6 Å². The van der Waals surface area contributed by atoms with Gasteiger partial charge in [0.2, 0.25) is 0 Å². The highest BCUT2D eigenvalue weighted by Crippen LogP contribution is 2.45. The lowest BCUT2D eigenvalue weighted by molar-refractivity contribution is -0.385. The zero-order valence-electron chi connectivity index (χ0n) is 17.4. The Bertz CT molecular complexity index is 1430. The molecule has 0 atom stereocenters. The molecule has 3 aromatic rings. The third-order valence-corrected chi connectivity index (χ3v) is 7.50. The van der Waals surface area contributed by atoms with Crippen molar-refractivity contribution in [2.75, 3.05) is 0 Å². The summed E-state index contributed by atoms with van der Waals surface area (Å²) in [5.74, 6) is -2.91. The number of amides is 3. The highest BCUT2D eigenvalue weighted by Gasteiger charge is 2.46. The van der Waals surface area contributed by atoms with Crippen LogP contribution in [0.5, 0.6) is 0 Å². The van der Waals surface area contributed by atoms with Gasteiger partial charge in [-0.25, -0.2) is 5.01 Å². The van der Waals surface area contributed by atoms with Crippen molar-refractivity contribution in [3.8, 4) is 0 Å². The molecule has 1 aliphatic heterocycles. The zero-order chi connectivity index (χ0) is 26.5. The minimum absolute atomic E-state index is 0.0171. The van der Waals surface area contributed by atoms with Crippen LogP contribution in [0.25, 0.3) is 0 Å². The lowest BCUT2D eigenvalue weighted by Gasteiger charge is -2.30. The Morgan fingerprint density at radius 1 is 0.806 bits per heavy atom. The Morgan fingerprint density at radius 3 is 1.81 bits per heavy atom. The van der Waals surface area contributed by atoms with Gasteiger partial charge >= 0.3 is 0 Å². The lowest BCUT2D eigenvalue weighted by Crippen LogP contribution is -2.49. The largest absolute Gasteiger partial charge is 0.282 e. The van der Waals surface area contributed by atoms with Gasteiger partial charge < -0.3 is 0 Å². The summed E-state index contributed by atoms with van der Waals surface area (Å²) < 4.78 is 0. The molecular formula is C22H9Cl6N3O5. The summed E-state index contributed by atoms with van der Waals surface area (Å²) in [6, 6.07) is 9.32. The van der Waals surface area contributed by atoms with Crippen molar-refractivity contribution in [3.05, 3.63) is 105 Å². The van der Waals surface area contributed by atoms with Crippen LogP contribution in [0.2, 0.25) is 30.1 Å². The maximum Gasteiger partial charge on any atom is 0.282 e. The smallest absolute Gasteiger partial charge is 0.267 e. The second kappa shape index (κ2) is 10.0. The van der Waals surface area contributed by atoms with E-state index < -0.39 is 34.9 Å². The average molecular weight is 608 g/mol. The average Bonchev–Trinajstić information content (AvgIpc) is 3.10. The highest BCUT2D eigenvalue weighted by molar-refractivity contribution is 6.55. The van der Waals surface area contributed by atoms with Gasteiger partial charge in [-0.1, -0.05) is 69.6 Å². The molecule has 8 nitrogen and oxygen atoms in total. The van der Waals surface area contributed by atoms with Crippen LogP contribution in [0, 0.1) is 10.1 Å². The Kier molecular flexibility index (Phi) is 7.39. The molecule has 3 amide bonds. The molecule has 14 heteroatoms. The number of carbonyl (C=O) groups excluding carboxylic acids is 3. The van der Waals surface area contributed by atoms with Gasteiger partial charge in [0.05, 0.1) is 48.2 Å². The number of hydrogen-bond acceptors (Lipinski definition) is 5. The summed E-state index contributed by atoms with van der Waals surface area (Å²) >= 11 is 36.4. The molecule has 184 valence electrons. The fourth-order valence-electron chi connectivity index (χ4n) is 3.53. The van der Waals surface area contributed by atoms with Crippen molar-refractivity contribution < 1.29 is 19.3 Å². The Morgan fingerprint density at radius 2 is 1.31 bits per heavy atom. The maximum absolute atomic E-state index is 13.6. The van der Waals surface area contributed by atoms with Crippen LogP contribution in [0.3, 0.4) is 0 Å². The molecule has 0 aromatic heterocycles. The van der Waals surface area contributed by atoms with Gasteiger partial charge in [0, 0.05) is 21.7 Å². The first-order valence-electron chi connectivity index (χ1n) is 9.69. The summed E-state index contributed by atoms with van der Waals surface area (Å²) in [6.45, 7) is -0.572. The standard InChI is InChI=1S/C22H9Cl6N3O5/c23-11-4-1-9(2-5-11)20(32)29(8-10-3-6-12(24)7-13(10)31(35)36)30-21(33)14-15(22(30)34)17(26)19(28)18(27)16(14)25/h1-7H,8H2. The Hall–Kier alpha value is -2.59. The maximum atomic E-state index is 13.6. The number of halogens is 6. The van der Waals surface area contributed by atoms with Gasteiger partial charge in [-0.2, -0.15) is 5.01 Å². The van der Waals surface area contributed by atoms with Crippen molar-refractivity contribution in [1.82, 2.24) is 10.0 Å². The van der Waals surface area contributed by atoms with Gasteiger partial charge in [-0.05, 0) is 36.4 Å². The molecule has 1 aliphatic rings. The molecule has 4 rings (SSSR count). The van der Waals surface area contributed by atoms with Crippen molar-refractivity contribution in [2.24, 2.45) is 0 Å². The normalized spacial score (nSPS) is 12.7. The topological polar surface area (TPSA) is 101 Å². The molecule has 0 radical (unpaired) electrons. The van der Waals surface area contributed by atoms with E-state index in [1.54, 1.807) is 0 Å². The van der Waals surface area contributed by atoms with E-state index in [0.29, 0.717) is 10.0 Å². The summed E-state index contributed by atoms with van der Waals surface area (Å²) in [6.07, 6.45) is 0. The van der Waals surface area contributed by atoms with Crippen LogP contribution in [-0.2, 0) is 6.54 Å². The van der Waals surface area contributed by atoms with E-state index in [2.05, 4.69) is 0 Å². The third-order valence-electron chi connectivity index (χ3n) is 5.21. The van der Waals surface area contributed by atoms with Crippen LogP contribution in [0.15, 0.2) is 42.5 Å². The number of hydrazine groups is 1. The number of rotatable bonds is 5. The molecular weight excluding hydrogens is 599 g/mol. The van der Waals surface area contributed by atoms with Crippen LogP contribution in [0.4, 0.5) is 5.69 Å². The van der Waals surface area contributed by atoms with Crippen molar-refractivity contribution in [2.45, 2.75) is 6.54 Å². The SMILES string of the molecule is O=C(c1ccc(Cl)cc1)N(Cc1ccc(Cl)cc1[N+](=O)[O-])N1C(=O)c2c(Cl)c(Cl)c(Cl)c(Cl)c2C1=O. The Balaban J connectivity index is 1.89. The van der Waals surface area contributed by atoms with Crippen LogP contribution in [0.1, 0.15) is 36.6 Å². The number of imide groups is 1. The molecule has 3 aromatic carbocycles. The van der Waals surface area contributed by atoms with Gasteiger partial charge in [-0.15, -0.1) is 0 Å². The number of nitro benzene ring substituents is 1. The molecule has 0 unspecified atom stereocenters. The van der Waals surface area contributed by atoms with Gasteiger partial charge in [-0.3, -0.25) is 24.5 Å². The summed E-state index contributed by atoms with van der Waals surface area (Å²) in [5, 5.41) is 12.1. The second-order valence-corrected chi connectivity index (χ2v) is 9.71. The third kappa shape index (κ3) is 4.49. The number of hydrogen-bond donors (Lipinski definition) is 0. The van der Waals surface area contributed by atoms with E-state index in [0.717, 1.165) is 11.1 Å². The summed E-state index contributed by atoms with van der Waals surface area (Å²) in [4.78, 5) is 51.4. The number of benzene rings is 3. The number of nitro groups is 1. The predicted molar refractivity (Wildman–Crippen MR) is 136 cm³/mol. The first-order chi connectivity index (χ1) is 16.9. The van der Waals surface area contributed by atoms with Crippen molar-refractivity contribution in [1.29, 1.82) is 0 Å². The first kappa shape index (κ1) is 26.5. The van der Waals surface area contributed by atoms with Crippen molar-refractivity contribution in [3.63, 3.8) is 0 Å². The number of fused-ring (bicyclic) bond motifs is 1. The van der Waals surface area contributed by atoms with Gasteiger partial charge in [0.15, 0.2) is 0 Å². The quantitative estimate of drug-likeness (QED) is 0.0991. The molecule has 0 bridgehead atoms. The van der Waals surface area contributed by atoms with E-state index in [1.807, 2.05) is 0 Å². The van der Waals surface area contributed by atoms with E-state index in [9.17, 15) is 24.5 Å². The fourth-order valence-corrected chi connectivity index (χ4v) is 4.84. The summed E-state index contributed by atoms with van der Waals surface area (Å²) in [5.41, 5.74) is -1.14. The monoisotopic (exact) mass is 605 g/mol. The number of nitrogens with zero attached hydrogens (tertiary/aromatic N) is 3. The molecule has 0 saturated heterocycles. The predicted octanol–water partition coefficient (Wildman–Crippen LogP) is 7.37. The molecule has 0 aliphatic carbocycles. The minimum atomic E-state index is -1.03. The Labute approximate surface area is 232 Å². The van der Waals surface area contributed by atoms with E-state index >= 15 is 0 Å². The van der Waals surface area contributed by atoms with Gasteiger partial charge in [0.25, 0.3) is 23.4 Å². The van der Waals surface area contributed by atoms with Crippen LogP contribution >= 0.6 is 69.6 Å². The van der Waals surface area contributed by atoms with Crippen LogP contribution < -0.4 is 0 Å². The lowest BCUT2D eigenvalue weighted by atomic mass is 10.1. The molecule has 0 spiro atoms. The minimum Gasteiger partial charge on any atom is -0.267 e. The van der Waals surface area contributed by atoms with E-state index in [1.165, 1.54) is 36.4 Å².